The van der Waals surface area contributed by atoms with E-state index in [9.17, 15) is 9.59 Å². The molecule has 0 aliphatic rings. The molecule has 5 aromatic rings. The summed E-state index contributed by atoms with van der Waals surface area (Å²) in [4.78, 5) is 31.6. The Hall–Kier alpha value is -4.53. The van der Waals surface area contributed by atoms with Gasteiger partial charge in [-0.25, -0.2) is 9.67 Å². The van der Waals surface area contributed by atoms with Crippen LogP contribution >= 0.6 is 0 Å². The van der Waals surface area contributed by atoms with Crippen LogP contribution < -0.4 is 5.56 Å². The van der Waals surface area contributed by atoms with Crippen LogP contribution in [0, 0.1) is 0 Å². The SMILES string of the molecule is CN(Cc1cn(-c2ccccc2)nc1-c1ccccc1)C(=O)Cn1cnc2c(cnn2C)c1=O. The molecule has 0 saturated carbocycles. The molecule has 3 aromatic heterocycles. The molecule has 5 rings (SSSR count). The van der Waals surface area contributed by atoms with Gasteiger partial charge in [-0.1, -0.05) is 48.5 Å². The van der Waals surface area contributed by atoms with Crippen molar-refractivity contribution >= 4 is 16.9 Å². The summed E-state index contributed by atoms with van der Waals surface area (Å²) >= 11 is 0. The zero-order valence-electron chi connectivity index (χ0n) is 18.9. The summed E-state index contributed by atoms with van der Waals surface area (Å²) in [7, 11) is 3.44. The summed E-state index contributed by atoms with van der Waals surface area (Å²) < 4.78 is 4.67. The molecule has 0 spiro atoms. The number of hydrogen-bond acceptors (Lipinski definition) is 5. The Morgan fingerprint density at radius 1 is 1.03 bits per heavy atom. The molecule has 0 aliphatic carbocycles. The van der Waals surface area contributed by atoms with E-state index in [2.05, 4.69) is 10.1 Å². The lowest BCUT2D eigenvalue weighted by molar-refractivity contribution is -0.131. The molecule has 0 saturated heterocycles. The number of nitrogens with zero attached hydrogens (tertiary/aromatic N) is 7. The highest BCUT2D eigenvalue weighted by molar-refractivity contribution is 5.77. The number of benzene rings is 2. The number of carbonyl (C=O) groups is 1. The minimum Gasteiger partial charge on any atom is -0.340 e. The van der Waals surface area contributed by atoms with E-state index in [0.29, 0.717) is 17.6 Å². The number of rotatable bonds is 6. The Bertz CT molecular complexity index is 1520. The predicted molar refractivity (Wildman–Crippen MR) is 128 cm³/mol. The highest BCUT2D eigenvalue weighted by atomic mass is 16.2. The number of para-hydroxylation sites is 1. The second-order valence-corrected chi connectivity index (χ2v) is 8.08. The molecule has 2 aromatic carbocycles. The summed E-state index contributed by atoms with van der Waals surface area (Å²) in [5.74, 6) is -0.210. The Labute approximate surface area is 195 Å². The van der Waals surface area contributed by atoms with Crippen molar-refractivity contribution in [1.82, 2.24) is 34.0 Å². The minimum absolute atomic E-state index is 0.110. The molecule has 34 heavy (non-hydrogen) atoms. The van der Waals surface area contributed by atoms with Crippen LogP contribution in [0.15, 0.2) is 84.2 Å². The molecule has 9 heteroatoms. The lowest BCUT2D eigenvalue weighted by Gasteiger charge is -2.17. The second kappa shape index (κ2) is 8.78. The maximum atomic E-state index is 13.0. The normalized spacial score (nSPS) is 11.1. The maximum absolute atomic E-state index is 13.0. The summed E-state index contributed by atoms with van der Waals surface area (Å²) in [6, 6.07) is 19.7. The van der Waals surface area contributed by atoms with Gasteiger partial charge in [0.05, 0.1) is 17.6 Å². The smallest absolute Gasteiger partial charge is 0.264 e. The van der Waals surface area contributed by atoms with Crippen LogP contribution in [0.25, 0.3) is 28.0 Å². The summed E-state index contributed by atoms with van der Waals surface area (Å²) in [6.07, 6.45) is 4.80. The first kappa shape index (κ1) is 21.3. The van der Waals surface area contributed by atoms with Gasteiger partial charge in [-0.2, -0.15) is 10.2 Å². The number of aromatic nitrogens is 6. The summed E-state index contributed by atoms with van der Waals surface area (Å²) in [6.45, 7) is 0.230. The van der Waals surface area contributed by atoms with E-state index in [1.807, 2.05) is 71.5 Å². The van der Waals surface area contributed by atoms with Gasteiger partial charge in [0.2, 0.25) is 5.91 Å². The van der Waals surface area contributed by atoms with Gasteiger partial charge in [0.1, 0.15) is 18.3 Å². The number of carbonyl (C=O) groups excluding carboxylic acids is 1. The highest BCUT2D eigenvalue weighted by Gasteiger charge is 2.18. The number of fused-ring (bicyclic) bond motifs is 1. The predicted octanol–water partition coefficient (Wildman–Crippen LogP) is 2.64. The van der Waals surface area contributed by atoms with E-state index < -0.39 is 0 Å². The standard InChI is InChI=1S/C25H23N7O2/c1-29(22(33)16-31-17-26-24-21(25(31)34)13-27-30(24)2)14-19-15-32(20-11-7-4-8-12-20)28-23(19)18-9-5-3-6-10-18/h3-13,15,17H,14,16H2,1-2H3. The topological polar surface area (TPSA) is 90.8 Å². The third-order valence-electron chi connectivity index (χ3n) is 5.71. The first-order valence-corrected chi connectivity index (χ1v) is 10.8. The molecule has 1 amide bonds. The van der Waals surface area contributed by atoms with E-state index in [-0.39, 0.29) is 18.0 Å². The molecule has 3 heterocycles. The minimum atomic E-state index is -0.290. The van der Waals surface area contributed by atoms with Gasteiger partial charge < -0.3 is 4.90 Å². The monoisotopic (exact) mass is 453 g/mol. The van der Waals surface area contributed by atoms with Gasteiger partial charge in [-0.05, 0) is 12.1 Å². The van der Waals surface area contributed by atoms with Gasteiger partial charge in [-0.15, -0.1) is 0 Å². The lowest BCUT2D eigenvalue weighted by Crippen LogP contribution is -2.33. The van der Waals surface area contributed by atoms with E-state index in [4.69, 9.17) is 5.10 Å². The van der Waals surface area contributed by atoms with Gasteiger partial charge in [0.15, 0.2) is 5.65 Å². The van der Waals surface area contributed by atoms with Crippen LogP contribution in [0.5, 0.6) is 0 Å². The highest BCUT2D eigenvalue weighted by Crippen LogP contribution is 2.24. The van der Waals surface area contributed by atoms with Gasteiger partial charge in [0.25, 0.3) is 5.56 Å². The Kier molecular flexibility index (Phi) is 5.51. The third kappa shape index (κ3) is 3.99. The molecular weight excluding hydrogens is 430 g/mol. The van der Waals surface area contributed by atoms with Gasteiger partial charge >= 0.3 is 0 Å². The molecule has 9 nitrogen and oxygen atoms in total. The van der Waals surface area contributed by atoms with Crippen LogP contribution in [0.4, 0.5) is 0 Å². The van der Waals surface area contributed by atoms with E-state index >= 15 is 0 Å². The number of amides is 1. The molecule has 0 radical (unpaired) electrons. The van der Waals surface area contributed by atoms with E-state index in [0.717, 1.165) is 22.5 Å². The Morgan fingerprint density at radius 3 is 2.47 bits per heavy atom. The summed E-state index contributed by atoms with van der Waals surface area (Å²) in [5, 5.41) is 9.26. The lowest BCUT2D eigenvalue weighted by atomic mass is 10.1. The molecule has 0 atom stereocenters. The number of aryl methyl sites for hydroxylation is 1. The largest absolute Gasteiger partial charge is 0.340 e. The van der Waals surface area contributed by atoms with Crippen molar-refractivity contribution in [2.45, 2.75) is 13.1 Å². The van der Waals surface area contributed by atoms with Crippen LogP contribution in [0.3, 0.4) is 0 Å². The third-order valence-corrected chi connectivity index (χ3v) is 5.71. The van der Waals surface area contributed by atoms with Crippen molar-refractivity contribution in [3.05, 3.63) is 95.3 Å². The van der Waals surface area contributed by atoms with Crippen molar-refractivity contribution in [1.29, 1.82) is 0 Å². The zero-order valence-corrected chi connectivity index (χ0v) is 18.9. The molecular formula is C25H23N7O2. The Balaban J connectivity index is 1.42. The first-order chi connectivity index (χ1) is 16.5. The maximum Gasteiger partial charge on any atom is 0.264 e. The molecule has 0 aliphatic heterocycles. The van der Waals surface area contributed by atoms with Crippen molar-refractivity contribution in [2.75, 3.05) is 7.05 Å². The molecule has 0 N–H and O–H groups in total. The van der Waals surface area contributed by atoms with E-state index in [1.165, 1.54) is 21.8 Å². The average Bonchev–Trinajstić information content (AvgIpc) is 3.46. The molecule has 0 bridgehead atoms. The fourth-order valence-corrected chi connectivity index (χ4v) is 3.87. The number of hydrogen-bond donors (Lipinski definition) is 0. The quantitative estimate of drug-likeness (QED) is 0.394. The van der Waals surface area contributed by atoms with Crippen molar-refractivity contribution in [2.24, 2.45) is 7.05 Å². The van der Waals surface area contributed by atoms with Crippen molar-refractivity contribution in [3.63, 3.8) is 0 Å². The van der Waals surface area contributed by atoms with Crippen molar-refractivity contribution < 1.29 is 4.79 Å². The first-order valence-electron chi connectivity index (χ1n) is 10.8. The fraction of sp³-hybridized carbons (Fsp3) is 0.160. The van der Waals surface area contributed by atoms with E-state index in [1.54, 1.807) is 19.0 Å². The number of likely N-dealkylation sites (N-methyl/N-ethyl adjacent to an activating group) is 1. The average molecular weight is 454 g/mol. The molecule has 0 fully saturated rings. The molecule has 0 unspecified atom stereocenters. The Morgan fingerprint density at radius 2 is 1.74 bits per heavy atom. The van der Waals surface area contributed by atoms with Crippen LogP contribution in [-0.2, 0) is 24.9 Å². The van der Waals surface area contributed by atoms with Crippen LogP contribution in [0.2, 0.25) is 0 Å². The second-order valence-electron chi connectivity index (χ2n) is 8.08. The summed E-state index contributed by atoms with van der Waals surface area (Å²) in [5.41, 5.74) is 3.81. The molecule has 170 valence electrons. The van der Waals surface area contributed by atoms with Crippen molar-refractivity contribution in [3.8, 4) is 16.9 Å². The van der Waals surface area contributed by atoms with Crippen LogP contribution in [0.1, 0.15) is 5.56 Å². The fourth-order valence-electron chi connectivity index (χ4n) is 3.87. The van der Waals surface area contributed by atoms with Gasteiger partial charge in [-0.3, -0.25) is 18.8 Å². The van der Waals surface area contributed by atoms with Crippen LogP contribution in [-0.4, -0.2) is 47.0 Å². The van der Waals surface area contributed by atoms with Gasteiger partial charge in [0, 0.05) is 38.0 Å². The zero-order chi connectivity index (χ0) is 23.7.